The van der Waals surface area contributed by atoms with Crippen molar-refractivity contribution in [1.29, 1.82) is 0 Å². The van der Waals surface area contributed by atoms with Gasteiger partial charge in [0, 0.05) is 11.8 Å². The van der Waals surface area contributed by atoms with Crippen molar-refractivity contribution in [2.24, 2.45) is 4.99 Å². The molecule has 17 heavy (non-hydrogen) atoms. The van der Waals surface area contributed by atoms with Crippen molar-refractivity contribution in [3.8, 4) is 11.5 Å². The van der Waals surface area contributed by atoms with E-state index in [9.17, 15) is 10.2 Å². The molecule has 0 aromatic heterocycles. The van der Waals surface area contributed by atoms with Crippen LogP contribution in [0.1, 0.15) is 11.1 Å². The van der Waals surface area contributed by atoms with Gasteiger partial charge in [-0.2, -0.15) is 0 Å². The number of benzene rings is 2. The van der Waals surface area contributed by atoms with Gasteiger partial charge < -0.3 is 10.2 Å². The first kappa shape index (κ1) is 11.2. The number of hydrogen-bond acceptors (Lipinski definition) is 3. The predicted molar refractivity (Wildman–Crippen MR) is 68.2 cm³/mol. The molecule has 86 valence electrons. The molecule has 0 spiro atoms. The van der Waals surface area contributed by atoms with Gasteiger partial charge in [0.15, 0.2) is 11.5 Å². The molecule has 0 unspecified atom stereocenters. The largest absolute Gasteiger partial charge is 0.504 e. The predicted octanol–water partition coefficient (Wildman–Crippen LogP) is 3.16. The van der Waals surface area contributed by atoms with E-state index in [1.807, 2.05) is 31.2 Å². The van der Waals surface area contributed by atoms with Gasteiger partial charge in [0.25, 0.3) is 0 Å². The Hall–Kier alpha value is -2.29. The average molecular weight is 227 g/mol. The van der Waals surface area contributed by atoms with E-state index in [0.29, 0.717) is 5.56 Å². The van der Waals surface area contributed by atoms with Crippen molar-refractivity contribution < 1.29 is 10.2 Å². The molecular weight excluding hydrogens is 214 g/mol. The molecule has 0 aliphatic heterocycles. The van der Waals surface area contributed by atoms with Crippen LogP contribution in [0.15, 0.2) is 47.5 Å². The minimum atomic E-state index is -0.150. The lowest BCUT2D eigenvalue weighted by atomic mass is 10.2. The summed E-state index contributed by atoms with van der Waals surface area (Å²) < 4.78 is 0. The van der Waals surface area contributed by atoms with Gasteiger partial charge >= 0.3 is 0 Å². The summed E-state index contributed by atoms with van der Waals surface area (Å²) in [5, 5.41) is 18.9. The number of phenolic OH excluding ortho intramolecular Hbond substituents is 2. The van der Waals surface area contributed by atoms with Gasteiger partial charge in [-0.05, 0) is 31.2 Å². The molecule has 2 aromatic rings. The summed E-state index contributed by atoms with van der Waals surface area (Å²) >= 11 is 0. The van der Waals surface area contributed by atoms with Crippen LogP contribution in [0.3, 0.4) is 0 Å². The van der Waals surface area contributed by atoms with Crippen LogP contribution in [-0.2, 0) is 0 Å². The molecule has 0 saturated carbocycles. The number of rotatable bonds is 2. The van der Waals surface area contributed by atoms with Crippen LogP contribution in [0.25, 0.3) is 0 Å². The number of aryl methyl sites for hydroxylation is 1. The highest BCUT2D eigenvalue weighted by Crippen LogP contribution is 2.27. The maximum absolute atomic E-state index is 9.58. The Balaban J connectivity index is 2.26. The second kappa shape index (κ2) is 4.70. The summed E-state index contributed by atoms with van der Waals surface area (Å²) in [4.78, 5) is 4.22. The molecule has 0 fully saturated rings. The molecule has 0 atom stereocenters. The minimum Gasteiger partial charge on any atom is -0.504 e. The van der Waals surface area contributed by atoms with E-state index in [4.69, 9.17) is 0 Å². The molecule has 0 bridgehead atoms. The van der Waals surface area contributed by atoms with Gasteiger partial charge in [0.05, 0.1) is 5.69 Å². The summed E-state index contributed by atoms with van der Waals surface area (Å²) in [6.45, 7) is 2.01. The zero-order valence-corrected chi connectivity index (χ0v) is 9.46. The van der Waals surface area contributed by atoms with E-state index in [1.165, 1.54) is 17.8 Å². The van der Waals surface area contributed by atoms with Crippen LogP contribution < -0.4 is 0 Å². The highest BCUT2D eigenvalue weighted by atomic mass is 16.3. The first-order valence-electron chi connectivity index (χ1n) is 5.28. The first-order valence-corrected chi connectivity index (χ1v) is 5.28. The number of aromatic hydroxyl groups is 2. The SMILES string of the molecule is Cc1ccc(N=Cc2cccc(O)c2O)cc1. The van der Waals surface area contributed by atoms with Gasteiger partial charge in [0.2, 0.25) is 0 Å². The quantitative estimate of drug-likeness (QED) is 0.611. The monoisotopic (exact) mass is 227 g/mol. The van der Waals surface area contributed by atoms with Gasteiger partial charge in [-0.3, -0.25) is 4.99 Å². The van der Waals surface area contributed by atoms with Crippen LogP contribution in [0.2, 0.25) is 0 Å². The Morgan fingerprint density at radius 1 is 1.00 bits per heavy atom. The van der Waals surface area contributed by atoms with E-state index >= 15 is 0 Å². The van der Waals surface area contributed by atoms with Crippen LogP contribution in [0.4, 0.5) is 5.69 Å². The Morgan fingerprint density at radius 3 is 2.41 bits per heavy atom. The molecule has 2 aromatic carbocycles. The third-order valence-electron chi connectivity index (χ3n) is 2.43. The van der Waals surface area contributed by atoms with Crippen molar-refractivity contribution in [2.45, 2.75) is 6.92 Å². The average Bonchev–Trinajstić information content (AvgIpc) is 2.33. The van der Waals surface area contributed by atoms with Crippen molar-refractivity contribution in [1.82, 2.24) is 0 Å². The minimum absolute atomic E-state index is 0.141. The number of aliphatic imine (C=N–C) groups is 1. The Labute approximate surface area is 99.7 Å². The Morgan fingerprint density at radius 2 is 1.71 bits per heavy atom. The molecule has 0 saturated heterocycles. The molecule has 0 radical (unpaired) electrons. The van der Waals surface area contributed by atoms with Crippen molar-refractivity contribution in [3.05, 3.63) is 53.6 Å². The highest BCUT2D eigenvalue weighted by Gasteiger charge is 2.02. The molecule has 3 heteroatoms. The summed E-state index contributed by atoms with van der Waals surface area (Å²) in [5.74, 6) is -0.291. The second-order valence-electron chi connectivity index (χ2n) is 3.81. The first-order chi connectivity index (χ1) is 8.16. The van der Waals surface area contributed by atoms with E-state index in [1.54, 1.807) is 12.1 Å². The van der Waals surface area contributed by atoms with Crippen molar-refractivity contribution >= 4 is 11.9 Å². The number of para-hydroxylation sites is 1. The zero-order valence-electron chi connectivity index (χ0n) is 9.46. The lowest BCUT2D eigenvalue weighted by Crippen LogP contribution is -1.82. The van der Waals surface area contributed by atoms with Crippen molar-refractivity contribution in [2.75, 3.05) is 0 Å². The van der Waals surface area contributed by atoms with Gasteiger partial charge in [-0.15, -0.1) is 0 Å². The number of nitrogens with zero attached hydrogens (tertiary/aromatic N) is 1. The maximum atomic E-state index is 9.58. The van der Waals surface area contributed by atoms with Crippen LogP contribution in [0, 0.1) is 6.92 Å². The number of phenols is 2. The third kappa shape index (κ3) is 2.64. The van der Waals surface area contributed by atoms with Crippen LogP contribution in [0.5, 0.6) is 11.5 Å². The zero-order chi connectivity index (χ0) is 12.3. The molecular formula is C14H13NO2. The topological polar surface area (TPSA) is 52.8 Å². The molecule has 0 amide bonds. The summed E-state index contributed by atoms with van der Waals surface area (Å²) in [7, 11) is 0. The van der Waals surface area contributed by atoms with Crippen LogP contribution in [-0.4, -0.2) is 16.4 Å². The third-order valence-corrected chi connectivity index (χ3v) is 2.43. The molecule has 2 N–H and O–H groups in total. The highest BCUT2D eigenvalue weighted by molar-refractivity contribution is 5.86. The summed E-state index contributed by atoms with van der Waals surface area (Å²) in [6, 6.07) is 12.5. The lowest BCUT2D eigenvalue weighted by Gasteiger charge is -2.00. The molecule has 0 aliphatic carbocycles. The normalized spacial score (nSPS) is 10.9. The van der Waals surface area contributed by atoms with E-state index < -0.39 is 0 Å². The Bertz CT molecular complexity index is 545. The van der Waals surface area contributed by atoms with Gasteiger partial charge in [-0.25, -0.2) is 0 Å². The molecule has 0 heterocycles. The molecule has 2 rings (SSSR count). The van der Waals surface area contributed by atoms with E-state index in [-0.39, 0.29) is 11.5 Å². The van der Waals surface area contributed by atoms with Crippen LogP contribution >= 0.6 is 0 Å². The van der Waals surface area contributed by atoms with Gasteiger partial charge in [0.1, 0.15) is 0 Å². The Kier molecular flexibility index (Phi) is 3.10. The summed E-state index contributed by atoms with van der Waals surface area (Å²) in [5.41, 5.74) is 2.47. The molecule has 3 nitrogen and oxygen atoms in total. The summed E-state index contributed by atoms with van der Waals surface area (Å²) in [6.07, 6.45) is 1.53. The van der Waals surface area contributed by atoms with E-state index in [0.717, 1.165) is 5.69 Å². The standard InChI is InChI=1S/C14H13NO2/c1-10-5-7-12(8-6-10)15-9-11-3-2-4-13(16)14(11)17/h2-9,16-17H,1H3. The molecule has 0 aliphatic rings. The fraction of sp³-hybridized carbons (Fsp3) is 0.0714. The van der Waals surface area contributed by atoms with Gasteiger partial charge in [-0.1, -0.05) is 23.8 Å². The van der Waals surface area contributed by atoms with E-state index in [2.05, 4.69) is 4.99 Å². The maximum Gasteiger partial charge on any atom is 0.166 e. The second-order valence-corrected chi connectivity index (χ2v) is 3.81. The van der Waals surface area contributed by atoms with Crippen molar-refractivity contribution in [3.63, 3.8) is 0 Å². The number of hydrogen-bond donors (Lipinski definition) is 2. The fourth-order valence-electron chi connectivity index (χ4n) is 1.43. The lowest BCUT2D eigenvalue weighted by molar-refractivity contribution is 0.403. The smallest absolute Gasteiger partial charge is 0.166 e. The fourth-order valence-corrected chi connectivity index (χ4v) is 1.43.